The van der Waals surface area contributed by atoms with Gasteiger partial charge in [0, 0.05) is 18.0 Å². The van der Waals surface area contributed by atoms with Crippen LogP contribution >= 0.6 is 0 Å². The zero-order valence-corrected chi connectivity index (χ0v) is 11.9. The summed E-state index contributed by atoms with van der Waals surface area (Å²) >= 11 is 0. The number of rotatable bonds is 6. The monoisotopic (exact) mass is 272 g/mol. The Morgan fingerprint density at radius 1 is 1.30 bits per heavy atom. The van der Waals surface area contributed by atoms with Gasteiger partial charge in [0.15, 0.2) is 0 Å². The summed E-state index contributed by atoms with van der Waals surface area (Å²) in [5.74, 6) is -0.800. The van der Waals surface area contributed by atoms with Crippen molar-refractivity contribution in [2.45, 2.75) is 32.9 Å². The molecule has 4 heteroatoms. The first kappa shape index (κ1) is 14.5. The SMILES string of the molecule is CCC(C)N(CC(=O)O)Cc1ccc2ccccc2n1. The Kier molecular flexibility index (Phi) is 4.69. The van der Waals surface area contributed by atoms with Crippen LogP contribution in [0.1, 0.15) is 26.0 Å². The number of carboxylic acid groups (broad SMARTS) is 1. The zero-order chi connectivity index (χ0) is 14.5. The number of hydrogen-bond donors (Lipinski definition) is 1. The van der Waals surface area contributed by atoms with Gasteiger partial charge in [0.05, 0.1) is 17.8 Å². The summed E-state index contributed by atoms with van der Waals surface area (Å²) < 4.78 is 0. The van der Waals surface area contributed by atoms with E-state index in [4.69, 9.17) is 5.11 Å². The highest BCUT2D eigenvalue weighted by molar-refractivity contribution is 5.78. The second-order valence-electron chi connectivity index (χ2n) is 5.05. The third-order valence-corrected chi connectivity index (χ3v) is 3.57. The lowest BCUT2D eigenvalue weighted by molar-refractivity contribution is -0.139. The van der Waals surface area contributed by atoms with E-state index >= 15 is 0 Å². The van der Waals surface area contributed by atoms with Gasteiger partial charge in [-0.2, -0.15) is 0 Å². The molecule has 1 aromatic carbocycles. The molecule has 1 N–H and O–H groups in total. The Morgan fingerprint density at radius 2 is 2.05 bits per heavy atom. The van der Waals surface area contributed by atoms with Gasteiger partial charge in [0.2, 0.25) is 0 Å². The van der Waals surface area contributed by atoms with Gasteiger partial charge in [-0.3, -0.25) is 14.7 Å². The van der Waals surface area contributed by atoms with Gasteiger partial charge in [0.1, 0.15) is 0 Å². The molecule has 4 nitrogen and oxygen atoms in total. The second kappa shape index (κ2) is 6.48. The Morgan fingerprint density at radius 3 is 2.75 bits per heavy atom. The molecule has 0 aliphatic heterocycles. The Hall–Kier alpha value is -1.94. The van der Waals surface area contributed by atoms with E-state index in [2.05, 4.69) is 11.9 Å². The number of aliphatic carboxylic acids is 1. The predicted octanol–water partition coefficient (Wildman–Crippen LogP) is 2.92. The fraction of sp³-hybridized carbons (Fsp3) is 0.375. The van der Waals surface area contributed by atoms with Gasteiger partial charge in [-0.15, -0.1) is 0 Å². The quantitative estimate of drug-likeness (QED) is 0.878. The Balaban J connectivity index is 2.21. The highest BCUT2D eigenvalue weighted by Crippen LogP contribution is 2.14. The van der Waals surface area contributed by atoms with Crippen molar-refractivity contribution in [2.75, 3.05) is 6.54 Å². The van der Waals surface area contributed by atoms with Gasteiger partial charge >= 0.3 is 5.97 Å². The molecule has 0 saturated heterocycles. The molecular formula is C16H20N2O2. The van der Waals surface area contributed by atoms with Gasteiger partial charge < -0.3 is 5.11 Å². The number of para-hydroxylation sites is 1. The van der Waals surface area contributed by atoms with Crippen LogP contribution in [-0.4, -0.2) is 33.5 Å². The first-order chi connectivity index (χ1) is 9.60. The molecule has 1 aromatic heterocycles. The average Bonchev–Trinajstić information content (AvgIpc) is 2.45. The zero-order valence-electron chi connectivity index (χ0n) is 11.9. The molecule has 0 fully saturated rings. The van der Waals surface area contributed by atoms with Crippen molar-refractivity contribution in [2.24, 2.45) is 0 Å². The van der Waals surface area contributed by atoms with E-state index in [0.717, 1.165) is 23.0 Å². The number of nitrogens with zero attached hydrogens (tertiary/aromatic N) is 2. The van der Waals surface area contributed by atoms with E-state index in [1.54, 1.807) is 0 Å². The molecule has 0 aliphatic rings. The van der Waals surface area contributed by atoms with Gasteiger partial charge in [0.25, 0.3) is 0 Å². The molecule has 0 amide bonds. The van der Waals surface area contributed by atoms with Crippen LogP contribution in [-0.2, 0) is 11.3 Å². The first-order valence-electron chi connectivity index (χ1n) is 6.90. The molecule has 0 aliphatic carbocycles. The molecule has 1 heterocycles. The van der Waals surface area contributed by atoms with E-state index in [0.29, 0.717) is 6.54 Å². The number of benzene rings is 1. The number of carbonyl (C=O) groups is 1. The number of carboxylic acids is 1. The maximum atomic E-state index is 11.0. The third-order valence-electron chi connectivity index (χ3n) is 3.57. The number of aromatic nitrogens is 1. The van der Waals surface area contributed by atoms with Crippen LogP contribution in [0.3, 0.4) is 0 Å². The molecule has 1 unspecified atom stereocenters. The van der Waals surface area contributed by atoms with E-state index in [1.807, 2.05) is 48.2 Å². The van der Waals surface area contributed by atoms with Crippen molar-refractivity contribution in [1.29, 1.82) is 0 Å². The largest absolute Gasteiger partial charge is 0.480 e. The highest BCUT2D eigenvalue weighted by atomic mass is 16.4. The molecule has 2 rings (SSSR count). The molecule has 0 radical (unpaired) electrons. The Labute approximate surface area is 119 Å². The molecule has 2 aromatic rings. The minimum absolute atomic E-state index is 0.0452. The van der Waals surface area contributed by atoms with E-state index < -0.39 is 5.97 Å². The average molecular weight is 272 g/mol. The molecule has 0 bridgehead atoms. The first-order valence-corrected chi connectivity index (χ1v) is 6.90. The topological polar surface area (TPSA) is 53.4 Å². The van der Waals surface area contributed by atoms with E-state index in [9.17, 15) is 4.79 Å². The van der Waals surface area contributed by atoms with Crippen LogP contribution < -0.4 is 0 Å². The smallest absolute Gasteiger partial charge is 0.317 e. The molecule has 0 saturated carbocycles. The van der Waals surface area contributed by atoms with Crippen LogP contribution in [0, 0.1) is 0 Å². The lowest BCUT2D eigenvalue weighted by Crippen LogP contribution is -2.36. The summed E-state index contributed by atoms with van der Waals surface area (Å²) in [7, 11) is 0. The van der Waals surface area contributed by atoms with E-state index in [-0.39, 0.29) is 12.6 Å². The fourth-order valence-corrected chi connectivity index (χ4v) is 2.20. The normalized spacial score (nSPS) is 12.8. The third kappa shape index (κ3) is 3.54. The standard InChI is InChI=1S/C16H20N2O2/c1-3-12(2)18(11-16(19)20)10-14-9-8-13-6-4-5-7-15(13)17-14/h4-9,12H,3,10-11H2,1-2H3,(H,19,20). The highest BCUT2D eigenvalue weighted by Gasteiger charge is 2.16. The second-order valence-corrected chi connectivity index (χ2v) is 5.05. The predicted molar refractivity (Wildman–Crippen MR) is 79.5 cm³/mol. The number of fused-ring (bicyclic) bond motifs is 1. The maximum Gasteiger partial charge on any atom is 0.317 e. The molecular weight excluding hydrogens is 252 g/mol. The van der Waals surface area contributed by atoms with E-state index in [1.165, 1.54) is 0 Å². The minimum atomic E-state index is -0.800. The van der Waals surface area contributed by atoms with Crippen LogP contribution in [0.15, 0.2) is 36.4 Å². The van der Waals surface area contributed by atoms with Crippen LogP contribution in [0.2, 0.25) is 0 Å². The van der Waals surface area contributed by atoms with Crippen molar-refractivity contribution in [3.8, 4) is 0 Å². The van der Waals surface area contributed by atoms with Crippen LogP contribution in [0.5, 0.6) is 0 Å². The van der Waals surface area contributed by atoms with Crippen molar-refractivity contribution in [3.05, 3.63) is 42.1 Å². The number of pyridine rings is 1. The maximum absolute atomic E-state index is 11.0. The summed E-state index contributed by atoms with van der Waals surface area (Å²) in [6, 6.07) is 12.2. The Bertz CT molecular complexity index is 598. The van der Waals surface area contributed by atoms with Crippen LogP contribution in [0.4, 0.5) is 0 Å². The summed E-state index contributed by atoms with van der Waals surface area (Å²) in [5.41, 5.74) is 1.86. The molecule has 20 heavy (non-hydrogen) atoms. The summed E-state index contributed by atoms with van der Waals surface area (Å²) in [6.45, 7) is 4.72. The fourth-order valence-electron chi connectivity index (χ4n) is 2.20. The van der Waals surface area contributed by atoms with Crippen molar-refractivity contribution < 1.29 is 9.90 Å². The van der Waals surface area contributed by atoms with Gasteiger partial charge in [-0.1, -0.05) is 31.2 Å². The van der Waals surface area contributed by atoms with Gasteiger partial charge in [-0.25, -0.2) is 0 Å². The number of hydrogen-bond acceptors (Lipinski definition) is 3. The lowest BCUT2D eigenvalue weighted by Gasteiger charge is -2.26. The molecule has 106 valence electrons. The summed E-state index contributed by atoms with van der Waals surface area (Å²) in [6.07, 6.45) is 0.918. The van der Waals surface area contributed by atoms with Crippen molar-refractivity contribution >= 4 is 16.9 Å². The summed E-state index contributed by atoms with van der Waals surface area (Å²) in [5, 5.41) is 10.1. The van der Waals surface area contributed by atoms with Crippen LogP contribution in [0.25, 0.3) is 10.9 Å². The summed E-state index contributed by atoms with van der Waals surface area (Å²) in [4.78, 5) is 17.5. The minimum Gasteiger partial charge on any atom is -0.480 e. The van der Waals surface area contributed by atoms with Gasteiger partial charge in [-0.05, 0) is 25.5 Å². The van der Waals surface area contributed by atoms with Crippen molar-refractivity contribution in [1.82, 2.24) is 9.88 Å². The molecule has 0 spiro atoms. The van der Waals surface area contributed by atoms with Crippen molar-refractivity contribution in [3.63, 3.8) is 0 Å². The lowest BCUT2D eigenvalue weighted by atomic mass is 10.1. The molecule has 1 atom stereocenters.